The third-order valence-electron chi connectivity index (χ3n) is 3.80. The van der Waals surface area contributed by atoms with E-state index in [1.54, 1.807) is 4.90 Å². The van der Waals surface area contributed by atoms with Gasteiger partial charge in [0.1, 0.15) is 0 Å². The second kappa shape index (κ2) is 6.20. The average Bonchev–Trinajstić information content (AvgIpc) is 2.36. The minimum atomic E-state index is -0.475. The van der Waals surface area contributed by atoms with E-state index in [0.29, 0.717) is 6.42 Å². The van der Waals surface area contributed by atoms with E-state index in [1.807, 2.05) is 37.4 Å². The first-order valence-electron chi connectivity index (χ1n) is 6.79. The fourth-order valence-electron chi connectivity index (χ4n) is 1.99. The zero-order valence-electron chi connectivity index (χ0n) is 12.7. The van der Waals surface area contributed by atoms with Crippen molar-refractivity contribution in [2.75, 3.05) is 7.05 Å². The fourth-order valence-corrected chi connectivity index (χ4v) is 1.99. The molecule has 1 aromatic rings. The van der Waals surface area contributed by atoms with Crippen LogP contribution >= 0.6 is 0 Å². The summed E-state index contributed by atoms with van der Waals surface area (Å²) in [5.41, 5.74) is 7.19. The molecule has 0 fully saturated rings. The minimum absolute atomic E-state index is 0.00581. The highest BCUT2D eigenvalue weighted by Gasteiger charge is 2.29. The summed E-state index contributed by atoms with van der Waals surface area (Å²) in [4.78, 5) is 14.1. The quantitative estimate of drug-likeness (QED) is 0.906. The van der Waals surface area contributed by atoms with Gasteiger partial charge in [-0.15, -0.1) is 0 Å². The fraction of sp³-hybridized carbons (Fsp3) is 0.562. The van der Waals surface area contributed by atoms with Crippen molar-refractivity contribution in [3.8, 4) is 0 Å². The van der Waals surface area contributed by atoms with Crippen molar-refractivity contribution in [3.05, 3.63) is 35.9 Å². The maximum Gasteiger partial charge on any atom is 0.239 e. The summed E-state index contributed by atoms with van der Waals surface area (Å²) >= 11 is 0. The molecule has 0 aliphatic heterocycles. The summed E-state index contributed by atoms with van der Waals surface area (Å²) in [6.07, 6.45) is 0.584. The number of carbonyl (C=O) groups is 1. The Kier molecular flexibility index (Phi) is 5.12. The topological polar surface area (TPSA) is 46.3 Å². The van der Waals surface area contributed by atoms with Gasteiger partial charge in [-0.3, -0.25) is 4.79 Å². The Balaban J connectivity index is 2.67. The molecule has 0 saturated carbocycles. The molecule has 0 heterocycles. The summed E-state index contributed by atoms with van der Waals surface area (Å²) in [6, 6.07) is 9.58. The largest absolute Gasteiger partial charge is 0.341 e. The number of hydrogen-bond donors (Lipinski definition) is 1. The average molecular weight is 262 g/mol. The second-order valence-corrected chi connectivity index (χ2v) is 6.29. The Labute approximate surface area is 116 Å². The smallest absolute Gasteiger partial charge is 0.239 e. The third kappa shape index (κ3) is 4.35. The van der Waals surface area contributed by atoms with E-state index in [0.717, 1.165) is 5.56 Å². The number of rotatable bonds is 4. The molecule has 1 unspecified atom stereocenters. The molecule has 0 spiro atoms. The summed E-state index contributed by atoms with van der Waals surface area (Å²) in [5.74, 6) is 0.00581. The highest BCUT2D eigenvalue weighted by Crippen LogP contribution is 2.23. The van der Waals surface area contributed by atoms with Gasteiger partial charge in [-0.25, -0.2) is 0 Å². The lowest BCUT2D eigenvalue weighted by atomic mass is 9.87. The Morgan fingerprint density at radius 3 is 2.26 bits per heavy atom. The van der Waals surface area contributed by atoms with E-state index in [4.69, 9.17) is 5.73 Å². The number of carbonyl (C=O) groups excluding carboxylic acids is 1. The predicted molar refractivity (Wildman–Crippen MR) is 79.8 cm³/mol. The van der Waals surface area contributed by atoms with Crippen molar-refractivity contribution in [1.29, 1.82) is 0 Å². The van der Waals surface area contributed by atoms with Gasteiger partial charge in [-0.05, 0) is 24.3 Å². The highest BCUT2D eigenvalue weighted by atomic mass is 16.2. The van der Waals surface area contributed by atoms with Crippen LogP contribution < -0.4 is 5.73 Å². The summed E-state index contributed by atoms with van der Waals surface area (Å²) in [7, 11) is 1.84. The van der Waals surface area contributed by atoms with Crippen LogP contribution in [0.2, 0.25) is 0 Å². The van der Waals surface area contributed by atoms with E-state index in [-0.39, 0.29) is 17.4 Å². The van der Waals surface area contributed by atoms with E-state index in [1.165, 1.54) is 0 Å². The Hall–Kier alpha value is -1.35. The van der Waals surface area contributed by atoms with Crippen LogP contribution in [0.15, 0.2) is 30.3 Å². The molecular weight excluding hydrogens is 236 g/mol. The monoisotopic (exact) mass is 262 g/mol. The maximum atomic E-state index is 12.3. The van der Waals surface area contributed by atoms with E-state index < -0.39 is 6.04 Å². The zero-order chi connectivity index (χ0) is 14.6. The van der Waals surface area contributed by atoms with Gasteiger partial charge in [-0.1, -0.05) is 51.1 Å². The number of likely N-dealkylation sites (N-methyl/N-ethyl adjacent to an activating group) is 1. The Bertz CT molecular complexity index is 409. The normalized spacial score (nSPS) is 14.8. The second-order valence-electron chi connectivity index (χ2n) is 6.29. The predicted octanol–water partition coefficient (Wildman–Crippen LogP) is 2.45. The molecule has 19 heavy (non-hydrogen) atoms. The molecule has 106 valence electrons. The minimum Gasteiger partial charge on any atom is -0.341 e. The van der Waals surface area contributed by atoms with Crippen molar-refractivity contribution < 1.29 is 4.79 Å². The van der Waals surface area contributed by atoms with Gasteiger partial charge in [0.05, 0.1) is 6.04 Å². The molecule has 1 rings (SSSR count). The lowest BCUT2D eigenvalue weighted by Crippen LogP contribution is -2.50. The molecule has 1 amide bonds. The summed E-state index contributed by atoms with van der Waals surface area (Å²) in [5, 5.41) is 0. The van der Waals surface area contributed by atoms with Crippen LogP contribution in [0, 0.1) is 5.41 Å². The zero-order valence-corrected chi connectivity index (χ0v) is 12.7. The van der Waals surface area contributed by atoms with Gasteiger partial charge < -0.3 is 10.6 Å². The van der Waals surface area contributed by atoms with Gasteiger partial charge in [0, 0.05) is 13.1 Å². The molecule has 3 heteroatoms. The number of hydrogen-bond acceptors (Lipinski definition) is 2. The molecular formula is C16H26N2O. The van der Waals surface area contributed by atoms with E-state index >= 15 is 0 Å². The van der Waals surface area contributed by atoms with Crippen LogP contribution in [0.1, 0.15) is 33.3 Å². The van der Waals surface area contributed by atoms with Gasteiger partial charge in [0.2, 0.25) is 5.91 Å². The molecule has 3 nitrogen and oxygen atoms in total. The van der Waals surface area contributed by atoms with E-state index in [2.05, 4.69) is 27.7 Å². The molecule has 0 aliphatic carbocycles. The van der Waals surface area contributed by atoms with Crippen LogP contribution in [0.4, 0.5) is 0 Å². The molecule has 0 aromatic heterocycles. The lowest BCUT2D eigenvalue weighted by molar-refractivity contribution is -0.135. The number of nitrogens with zero attached hydrogens (tertiary/aromatic N) is 1. The molecule has 0 radical (unpaired) electrons. The van der Waals surface area contributed by atoms with Crippen molar-refractivity contribution in [2.45, 2.75) is 46.2 Å². The molecule has 0 bridgehead atoms. The number of benzene rings is 1. The molecule has 2 N–H and O–H groups in total. The van der Waals surface area contributed by atoms with Crippen molar-refractivity contribution >= 4 is 5.91 Å². The summed E-state index contributed by atoms with van der Waals surface area (Å²) < 4.78 is 0. The van der Waals surface area contributed by atoms with Crippen LogP contribution in [0.3, 0.4) is 0 Å². The summed E-state index contributed by atoms with van der Waals surface area (Å²) in [6.45, 7) is 8.45. The van der Waals surface area contributed by atoms with Crippen LogP contribution in [-0.4, -0.2) is 29.9 Å². The van der Waals surface area contributed by atoms with Crippen molar-refractivity contribution in [2.24, 2.45) is 11.1 Å². The first-order chi connectivity index (χ1) is 8.73. The third-order valence-corrected chi connectivity index (χ3v) is 3.80. The maximum absolute atomic E-state index is 12.3. The van der Waals surface area contributed by atoms with Gasteiger partial charge in [-0.2, -0.15) is 0 Å². The highest BCUT2D eigenvalue weighted by molar-refractivity contribution is 5.82. The first-order valence-corrected chi connectivity index (χ1v) is 6.79. The standard InChI is InChI=1S/C16H26N2O/c1-12(16(2,3)4)18(5)15(19)14(17)11-13-9-7-6-8-10-13/h6-10,12,14H,11,17H2,1-5H3/t12?,14-/m1/s1. The van der Waals surface area contributed by atoms with Gasteiger partial charge in [0.25, 0.3) is 0 Å². The van der Waals surface area contributed by atoms with Crippen LogP contribution in [-0.2, 0) is 11.2 Å². The lowest BCUT2D eigenvalue weighted by Gasteiger charge is -2.36. The first kappa shape index (κ1) is 15.7. The number of amides is 1. The molecule has 2 atom stereocenters. The SMILES string of the molecule is CC(N(C)C(=O)[C@H](N)Cc1ccccc1)C(C)(C)C. The van der Waals surface area contributed by atoms with Crippen LogP contribution in [0.25, 0.3) is 0 Å². The Morgan fingerprint density at radius 1 is 1.26 bits per heavy atom. The number of nitrogens with two attached hydrogens (primary N) is 1. The van der Waals surface area contributed by atoms with Crippen molar-refractivity contribution in [3.63, 3.8) is 0 Å². The van der Waals surface area contributed by atoms with Gasteiger partial charge >= 0.3 is 0 Å². The molecule has 0 saturated heterocycles. The van der Waals surface area contributed by atoms with E-state index in [9.17, 15) is 4.79 Å². The Morgan fingerprint density at radius 2 is 1.79 bits per heavy atom. The molecule has 0 aliphatic rings. The van der Waals surface area contributed by atoms with Crippen LogP contribution in [0.5, 0.6) is 0 Å². The van der Waals surface area contributed by atoms with Crippen molar-refractivity contribution in [1.82, 2.24) is 4.90 Å². The molecule has 1 aromatic carbocycles. The van der Waals surface area contributed by atoms with Gasteiger partial charge in [0.15, 0.2) is 0 Å².